The summed E-state index contributed by atoms with van der Waals surface area (Å²) >= 11 is 15.0. The molecule has 2 nitrogen and oxygen atoms in total. The second kappa shape index (κ2) is 6.34. The maximum absolute atomic E-state index is 8.97. The molecule has 0 unspecified atom stereocenters. The Morgan fingerprint density at radius 3 is 2.75 bits per heavy atom. The number of rotatable bonds is 4. The van der Waals surface area contributed by atoms with Gasteiger partial charge in [-0.15, -0.1) is 11.6 Å². The molecule has 0 aromatic heterocycles. The van der Waals surface area contributed by atoms with E-state index in [1.807, 2.05) is 13.0 Å². The van der Waals surface area contributed by atoms with Crippen LogP contribution in [0, 0.1) is 11.3 Å². The van der Waals surface area contributed by atoms with Gasteiger partial charge in [-0.3, -0.25) is 0 Å². The summed E-state index contributed by atoms with van der Waals surface area (Å²) in [5.41, 5.74) is 1.30. The molecular formula is C11H10BrCl2NO. The molecular weight excluding hydrogens is 313 g/mol. The van der Waals surface area contributed by atoms with Crippen LogP contribution in [0.15, 0.2) is 10.5 Å². The van der Waals surface area contributed by atoms with Crippen molar-refractivity contribution in [3.8, 4) is 11.8 Å². The van der Waals surface area contributed by atoms with Gasteiger partial charge >= 0.3 is 0 Å². The predicted molar refractivity (Wildman–Crippen MR) is 69.5 cm³/mol. The first kappa shape index (κ1) is 13.6. The Labute approximate surface area is 113 Å². The fraction of sp³-hybridized carbons (Fsp3) is 0.364. The van der Waals surface area contributed by atoms with Gasteiger partial charge in [-0.2, -0.15) is 5.26 Å². The molecule has 1 rings (SSSR count). The number of ether oxygens (including phenoxy) is 1. The van der Waals surface area contributed by atoms with Crippen LogP contribution in [0.2, 0.25) is 5.02 Å². The predicted octanol–water partition coefficient (Wildman–Crippen LogP) is 4.15. The number of aryl methyl sites for hydroxylation is 1. The minimum absolute atomic E-state index is 0.392. The van der Waals surface area contributed by atoms with Crippen molar-refractivity contribution in [2.75, 3.05) is 12.5 Å². The van der Waals surface area contributed by atoms with Gasteiger partial charge in [-0.05, 0) is 40.9 Å². The summed E-state index contributed by atoms with van der Waals surface area (Å²) in [6, 6.07) is 3.77. The van der Waals surface area contributed by atoms with Crippen molar-refractivity contribution >= 4 is 39.1 Å². The number of hydrogen-bond acceptors (Lipinski definition) is 2. The van der Waals surface area contributed by atoms with Crippen LogP contribution in [-0.4, -0.2) is 12.5 Å². The molecule has 0 bridgehead atoms. The van der Waals surface area contributed by atoms with Gasteiger partial charge in [0.25, 0.3) is 0 Å². The fourth-order valence-corrected chi connectivity index (χ4v) is 2.60. The van der Waals surface area contributed by atoms with Crippen LogP contribution < -0.4 is 4.74 Å². The lowest BCUT2D eigenvalue weighted by Gasteiger charge is -2.13. The summed E-state index contributed by atoms with van der Waals surface area (Å²) in [5.74, 6) is 1.14. The molecule has 0 aliphatic rings. The summed E-state index contributed by atoms with van der Waals surface area (Å²) in [4.78, 5) is 0. The zero-order valence-electron chi connectivity index (χ0n) is 8.69. The fourth-order valence-electron chi connectivity index (χ4n) is 1.34. The largest absolute Gasteiger partial charge is 0.492 e. The van der Waals surface area contributed by atoms with Crippen LogP contribution in [0.4, 0.5) is 0 Å². The SMILES string of the molecule is CCOc1c(CCCl)cc(Cl)c(C#N)c1Br. The topological polar surface area (TPSA) is 33.0 Å². The minimum Gasteiger partial charge on any atom is -0.492 e. The molecule has 0 saturated carbocycles. The van der Waals surface area contributed by atoms with Gasteiger partial charge in [0.15, 0.2) is 0 Å². The zero-order chi connectivity index (χ0) is 12.1. The van der Waals surface area contributed by atoms with E-state index in [-0.39, 0.29) is 0 Å². The van der Waals surface area contributed by atoms with Gasteiger partial charge in [0, 0.05) is 5.88 Å². The third kappa shape index (κ3) is 2.82. The van der Waals surface area contributed by atoms with E-state index in [4.69, 9.17) is 33.2 Å². The lowest BCUT2D eigenvalue weighted by molar-refractivity contribution is 0.334. The number of alkyl halides is 1. The number of hydrogen-bond donors (Lipinski definition) is 0. The molecule has 0 aliphatic carbocycles. The highest BCUT2D eigenvalue weighted by atomic mass is 79.9. The van der Waals surface area contributed by atoms with Crippen molar-refractivity contribution < 1.29 is 4.74 Å². The standard InChI is InChI=1S/C11H10BrCl2NO/c1-2-16-11-7(3-4-13)5-9(14)8(6-15)10(11)12/h5H,2-4H2,1H3. The van der Waals surface area contributed by atoms with Crippen molar-refractivity contribution in [1.82, 2.24) is 0 Å². The third-order valence-electron chi connectivity index (χ3n) is 2.01. The molecule has 0 saturated heterocycles. The highest BCUT2D eigenvalue weighted by molar-refractivity contribution is 9.10. The smallest absolute Gasteiger partial charge is 0.138 e. The first-order chi connectivity index (χ1) is 7.65. The number of nitriles is 1. The van der Waals surface area contributed by atoms with Gasteiger partial charge < -0.3 is 4.74 Å². The lowest BCUT2D eigenvalue weighted by Crippen LogP contribution is -2.00. The molecule has 16 heavy (non-hydrogen) atoms. The number of halogens is 3. The highest BCUT2D eigenvalue weighted by Gasteiger charge is 2.16. The van der Waals surface area contributed by atoms with Gasteiger partial charge in [0.2, 0.25) is 0 Å². The van der Waals surface area contributed by atoms with E-state index in [0.717, 1.165) is 5.56 Å². The molecule has 1 aromatic carbocycles. The Kier molecular flexibility index (Phi) is 5.40. The van der Waals surface area contributed by atoms with Crippen LogP contribution >= 0.6 is 39.1 Å². The average Bonchev–Trinajstić information content (AvgIpc) is 2.24. The van der Waals surface area contributed by atoms with E-state index in [9.17, 15) is 0 Å². The van der Waals surface area contributed by atoms with Crippen molar-refractivity contribution in [2.24, 2.45) is 0 Å². The molecule has 1 aromatic rings. The summed E-state index contributed by atoms with van der Waals surface area (Å²) in [5, 5.41) is 9.38. The molecule has 0 N–H and O–H groups in total. The zero-order valence-corrected chi connectivity index (χ0v) is 11.8. The van der Waals surface area contributed by atoms with E-state index in [0.29, 0.717) is 39.7 Å². The van der Waals surface area contributed by atoms with Crippen LogP contribution in [0.5, 0.6) is 5.75 Å². The Morgan fingerprint density at radius 1 is 1.56 bits per heavy atom. The molecule has 86 valence electrons. The van der Waals surface area contributed by atoms with E-state index < -0.39 is 0 Å². The summed E-state index contributed by atoms with van der Waals surface area (Å²) in [6.45, 7) is 2.41. The van der Waals surface area contributed by atoms with Crippen molar-refractivity contribution in [2.45, 2.75) is 13.3 Å². The van der Waals surface area contributed by atoms with Crippen molar-refractivity contribution in [1.29, 1.82) is 5.26 Å². The van der Waals surface area contributed by atoms with E-state index >= 15 is 0 Å². The van der Waals surface area contributed by atoms with Crippen LogP contribution in [-0.2, 0) is 6.42 Å². The quantitative estimate of drug-likeness (QED) is 0.780. The van der Waals surface area contributed by atoms with Crippen LogP contribution in [0.3, 0.4) is 0 Å². The normalized spacial score (nSPS) is 9.94. The molecule has 0 fully saturated rings. The Morgan fingerprint density at radius 2 is 2.25 bits per heavy atom. The summed E-state index contributed by atoms with van der Waals surface area (Å²) in [7, 11) is 0. The monoisotopic (exact) mass is 321 g/mol. The van der Waals surface area contributed by atoms with Crippen molar-refractivity contribution in [3.05, 3.63) is 26.7 Å². The maximum atomic E-state index is 8.97. The Hall–Kier alpha value is -0.430. The molecule has 0 aliphatic heterocycles. The Balaban J connectivity index is 3.34. The van der Waals surface area contributed by atoms with Gasteiger partial charge in [-0.25, -0.2) is 0 Å². The second-order valence-electron chi connectivity index (χ2n) is 3.02. The average molecular weight is 323 g/mol. The maximum Gasteiger partial charge on any atom is 0.138 e. The second-order valence-corrected chi connectivity index (χ2v) is 4.60. The van der Waals surface area contributed by atoms with Gasteiger partial charge in [0.1, 0.15) is 11.8 Å². The molecule has 0 amide bonds. The lowest BCUT2D eigenvalue weighted by atomic mass is 10.1. The molecule has 5 heteroatoms. The summed E-state index contributed by atoms with van der Waals surface area (Å²) < 4.78 is 6.10. The van der Waals surface area contributed by atoms with Gasteiger partial charge in [0.05, 0.1) is 21.7 Å². The first-order valence-corrected chi connectivity index (χ1v) is 6.46. The molecule has 0 atom stereocenters. The number of nitrogens with zero attached hydrogens (tertiary/aromatic N) is 1. The highest BCUT2D eigenvalue weighted by Crippen LogP contribution is 2.37. The Bertz CT molecular complexity index is 429. The van der Waals surface area contributed by atoms with E-state index in [2.05, 4.69) is 15.9 Å². The van der Waals surface area contributed by atoms with Crippen LogP contribution in [0.25, 0.3) is 0 Å². The van der Waals surface area contributed by atoms with E-state index in [1.54, 1.807) is 6.07 Å². The molecule has 0 heterocycles. The first-order valence-electron chi connectivity index (χ1n) is 4.75. The summed E-state index contributed by atoms with van der Waals surface area (Å²) in [6.07, 6.45) is 0.654. The number of benzene rings is 1. The van der Waals surface area contributed by atoms with E-state index in [1.165, 1.54) is 0 Å². The molecule has 0 radical (unpaired) electrons. The van der Waals surface area contributed by atoms with Crippen LogP contribution in [0.1, 0.15) is 18.1 Å². The van der Waals surface area contributed by atoms with Gasteiger partial charge in [-0.1, -0.05) is 11.6 Å². The third-order valence-corrected chi connectivity index (χ3v) is 3.26. The molecule has 0 spiro atoms. The minimum atomic E-state index is 0.392. The van der Waals surface area contributed by atoms with Crippen molar-refractivity contribution in [3.63, 3.8) is 0 Å².